The molecule has 0 amide bonds. The van der Waals surface area contributed by atoms with Crippen LogP contribution >= 0.6 is 0 Å². The average molecular weight is 567 g/mol. The van der Waals surface area contributed by atoms with E-state index in [9.17, 15) is 14.4 Å². The molecule has 6 rings (SSSR count). The van der Waals surface area contributed by atoms with E-state index < -0.39 is 6.10 Å². The SMILES string of the molecule is CCC1=C([C@H](OC(C)=O)[C@@H](C)[C@H]2[C@@H](OC(C)=O)C[C@@]3(C)[C@@H]4CC[C@H]5[C@H](C)C(=O)C=C[C@@]56C[C@@]46CC[C@]23C)OC[C@@H]1C. The second-order valence-electron chi connectivity index (χ2n) is 15.2. The quantitative estimate of drug-likeness (QED) is 0.328. The summed E-state index contributed by atoms with van der Waals surface area (Å²) in [5.41, 5.74) is 1.46. The molecule has 0 unspecified atom stereocenters. The Morgan fingerprint density at radius 3 is 2.49 bits per heavy atom. The number of allylic oxidation sites excluding steroid dienone is 2. The first-order valence-corrected chi connectivity index (χ1v) is 16.2. The summed E-state index contributed by atoms with van der Waals surface area (Å²) in [6, 6.07) is 0. The van der Waals surface area contributed by atoms with Gasteiger partial charge in [-0.2, -0.15) is 0 Å². The zero-order chi connectivity index (χ0) is 29.7. The molecule has 0 aromatic heterocycles. The Morgan fingerprint density at radius 1 is 1.10 bits per heavy atom. The average Bonchev–Trinajstić information content (AvgIpc) is 3.33. The number of rotatable bonds is 6. The van der Waals surface area contributed by atoms with E-state index >= 15 is 0 Å². The van der Waals surface area contributed by atoms with Crippen molar-refractivity contribution in [3.05, 3.63) is 23.5 Å². The van der Waals surface area contributed by atoms with E-state index in [0.29, 0.717) is 30.1 Å². The lowest BCUT2D eigenvalue weighted by Gasteiger charge is -2.61. The van der Waals surface area contributed by atoms with Crippen molar-refractivity contribution in [2.75, 3.05) is 6.61 Å². The number of hydrogen-bond donors (Lipinski definition) is 0. The van der Waals surface area contributed by atoms with Gasteiger partial charge in [-0.15, -0.1) is 0 Å². The lowest BCUT2D eigenvalue weighted by Crippen LogP contribution is -2.55. The highest BCUT2D eigenvalue weighted by Crippen LogP contribution is 2.87. The van der Waals surface area contributed by atoms with Crippen LogP contribution in [0.1, 0.15) is 100 Å². The van der Waals surface area contributed by atoms with Crippen molar-refractivity contribution in [1.29, 1.82) is 0 Å². The van der Waals surface area contributed by atoms with Gasteiger partial charge in [-0.1, -0.05) is 47.6 Å². The molecule has 226 valence electrons. The van der Waals surface area contributed by atoms with Crippen molar-refractivity contribution in [2.24, 2.45) is 57.2 Å². The predicted molar refractivity (Wildman–Crippen MR) is 155 cm³/mol. The molecular formula is C35H50O6. The van der Waals surface area contributed by atoms with Gasteiger partial charge in [0.15, 0.2) is 11.9 Å². The van der Waals surface area contributed by atoms with Crippen LogP contribution in [-0.4, -0.2) is 36.5 Å². The third-order valence-electron chi connectivity index (χ3n) is 13.7. The number of carbonyl (C=O) groups is 3. The number of fused-ring (bicyclic) bond motifs is 2. The van der Waals surface area contributed by atoms with Crippen LogP contribution in [0.3, 0.4) is 0 Å². The summed E-state index contributed by atoms with van der Waals surface area (Å²) in [7, 11) is 0. The van der Waals surface area contributed by atoms with E-state index in [2.05, 4.69) is 47.6 Å². The molecule has 0 aromatic rings. The molecule has 5 aliphatic carbocycles. The Labute approximate surface area is 246 Å². The maximum atomic E-state index is 12.7. The van der Waals surface area contributed by atoms with E-state index in [1.807, 2.05) is 6.08 Å². The maximum Gasteiger partial charge on any atom is 0.303 e. The van der Waals surface area contributed by atoms with Gasteiger partial charge in [-0.3, -0.25) is 14.4 Å². The Hall–Kier alpha value is -2.11. The molecular weight excluding hydrogens is 516 g/mol. The fourth-order valence-electron chi connectivity index (χ4n) is 11.9. The van der Waals surface area contributed by atoms with E-state index in [1.54, 1.807) is 0 Å². The molecule has 0 radical (unpaired) electrons. The minimum atomic E-state index is -0.498. The summed E-state index contributed by atoms with van der Waals surface area (Å²) >= 11 is 0. The second-order valence-corrected chi connectivity index (χ2v) is 15.2. The maximum absolute atomic E-state index is 12.7. The van der Waals surface area contributed by atoms with Crippen LogP contribution in [0.5, 0.6) is 0 Å². The van der Waals surface area contributed by atoms with Crippen LogP contribution in [0.25, 0.3) is 0 Å². The van der Waals surface area contributed by atoms with Gasteiger partial charge in [-0.25, -0.2) is 0 Å². The van der Waals surface area contributed by atoms with E-state index in [4.69, 9.17) is 14.2 Å². The Bertz CT molecular complexity index is 1220. The van der Waals surface area contributed by atoms with Crippen molar-refractivity contribution in [1.82, 2.24) is 0 Å². The standard InChI is InChI=1S/C35H50O6/c1-9-24-19(2)17-39-31(24)30(41-23(6)37)21(4)29-27(40-22(5)36)16-33(8)28-11-10-25-20(3)26(38)12-13-34(25)18-35(28,34)15-14-32(29,33)7/h12-13,19-21,25,27-30H,9-11,14-18H2,1-8H3/t19-,20-,21-,25-,27-,28-,29-,30+,32+,33-,34+,35-/m0/s1. The molecule has 2 spiro atoms. The normalized spacial score (nSPS) is 47.4. The van der Waals surface area contributed by atoms with Gasteiger partial charge in [0.25, 0.3) is 0 Å². The van der Waals surface area contributed by atoms with Crippen molar-refractivity contribution >= 4 is 17.7 Å². The van der Waals surface area contributed by atoms with Gasteiger partial charge in [0.2, 0.25) is 0 Å². The number of hydrogen-bond acceptors (Lipinski definition) is 6. The summed E-state index contributed by atoms with van der Waals surface area (Å²) in [5, 5.41) is 0. The third-order valence-corrected chi connectivity index (χ3v) is 13.7. The lowest BCUT2D eigenvalue weighted by molar-refractivity contribution is -0.162. The highest BCUT2D eigenvalue weighted by molar-refractivity contribution is 5.93. The number of esters is 2. The van der Waals surface area contributed by atoms with Crippen molar-refractivity contribution in [3.8, 4) is 0 Å². The van der Waals surface area contributed by atoms with Crippen molar-refractivity contribution in [2.45, 2.75) is 113 Å². The summed E-state index contributed by atoms with van der Waals surface area (Å²) in [6.45, 7) is 17.2. The summed E-state index contributed by atoms with van der Waals surface area (Å²) in [4.78, 5) is 37.7. The molecule has 1 heterocycles. The van der Waals surface area contributed by atoms with Gasteiger partial charge >= 0.3 is 11.9 Å². The highest BCUT2D eigenvalue weighted by atomic mass is 16.6. The van der Waals surface area contributed by atoms with Gasteiger partial charge in [0, 0.05) is 37.5 Å². The minimum absolute atomic E-state index is 0.0260. The molecule has 12 atom stereocenters. The summed E-state index contributed by atoms with van der Waals surface area (Å²) in [5.74, 6) is 1.85. The monoisotopic (exact) mass is 566 g/mol. The fraction of sp³-hybridized carbons (Fsp3) is 0.800. The van der Waals surface area contributed by atoms with Gasteiger partial charge in [-0.05, 0) is 90.1 Å². The van der Waals surface area contributed by atoms with Crippen LogP contribution in [0.2, 0.25) is 0 Å². The molecule has 0 saturated heterocycles. The van der Waals surface area contributed by atoms with Crippen LogP contribution in [0, 0.1) is 57.2 Å². The molecule has 6 heteroatoms. The summed E-state index contributed by atoms with van der Waals surface area (Å²) < 4.78 is 18.6. The molecule has 6 aliphatic rings. The molecule has 4 fully saturated rings. The first kappa shape index (κ1) is 29.0. The third kappa shape index (κ3) is 3.76. The van der Waals surface area contributed by atoms with Crippen molar-refractivity contribution < 1.29 is 28.6 Å². The molecule has 4 saturated carbocycles. The molecule has 6 nitrogen and oxygen atoms in total. The van der Waals surface area contributed by atoms with Crippen molar-refractivity contribution in [3.63, 3.8) is 0 Å². The highest BCUT2D eigenvalue weighted by Gasteiger charge is 2.81. The number of ketones is 1. The van der Waals surface area contributed by atoms with Gasteiger partial charge < -0.3 is 14.2 Å². The molecule has 0 bridgehead atoms. The first-order valence-electron chi connectivity index (χ1n) is 16.2. The molecule has 0 aromatic carbocycles. The Kier molecular flexibility index (Phi) is 6.68. The Balaban J connectivity index is 1.41. The number of ether oxygens (including phenoxy) is 3. The minimum Gasteiger partial charge on any atom is -0.493 e. The van der Waals surface area contributed by atoms with Gasteiger partial charge in [0.1, 0.15) is 11.9 Å². The van der Waals surface area contributed by atoms with Crippen LogP contribution in [-0.2, 0) is 28.6 Å². The summed E-state index contributed by atoms with van der Waals surface area (Å²) in [6.07, 6.45) is 10.7. The molecule has 1 aliphatic heterocycles. The van der Waals surface area contributed by atoms with E-state index in [0.717, 1.165) is 44.3 Å². The number of carbonyl (C=O) groups excluding carboxylic acids is 3. The Morgan fingerprint density at radius 2 is 1.83 bits per heavy atom. The first-order chi connectivity index (χ1) is 19.3. The van der Waals surface area contributed by atoms with Gasteiger partial charge in [0.05, 0.1) is 6.61 Å². The van der Waals surface area contributed by atoms with E-state index in [-0.39, 0.29) is 57.5 Å². The predicted octanol–water partition coefficient (Wildman–Crippen LogP) is 6.82. The van der Waals surface area contributed by atoms with E-state index in [1.165, 1.54) is 25.8 Å². The lowest BCUT2D eigenvalue weighted by atomic mass is 9.43. The topological polar surface area (TPSA) is 78.9 Å². The second kappa shape index (κ2) is 9.44. The fourth-order valence-corrected chi connectivity index (χ4v) is 11.9. The largest absolute Gasteiger partial charge is 0.493 e. The zero-order valence-electron chi connectivity index (χ0n) is 26.4. The molecule has 0 N–H and O–H groups in total. The molecule has 41 heavy (non-hydrogen) atoms. The zero-order valence-corrected chi connectivity index (χ0v) is 26.4. The van der Waals surface area contributed by atoms with Crippen LogP contribution in [0.4, 0.5) is 0 Å². The van der Waals surface area contributed by atoms with Crippen LogP contribution < -0.4 is 0 Å². The smallest absolute Gasteiger partial charge is 0.303 e. The van der Waals surface area contributed by atoms with Crippen LogP contribution in [0.15, 0.2) is 23.5 Å².